The number of aromatic amines is 1. The lowest BCUT2D eigenvalue weighted by Crippen LogP contribution is -2.35. The van der Waals surface area contributed by atoms with Crippen LogP contribution in [0.1, 0.15) is 21.5 Å². The number of halogens is 2. The minimum absolute atomic E-state index is 0.0623. The van der Waals surface area contributed by atoms with E-state index in [9.17, 15) is 14.7 Å². The second-order valence-corrected chi connectivity index (χ2v) is 10.6. The maximum absolute atomic E-state index is 12.7. The van der Waals surface area contributed by atoms with Crippen molar-refractivity contribution in [3.8, 4) is 5.88 Å². The van der Waals surface area contributed by atoms with Crippen LogP contribution in [0.15, 0.2) is 74.6 Å². The fourth-order valence-corrected chi connectivity index (χ4v) is 5.79. The molecule has 1 aromatic heterocycles. The number of aromatic hydroxyl groups is 1. The number of nitrogens with one attached hydrogen (secondary N) is 1. The van der Waals surface area contributed by atoms with Crippen LogP contribution in [0, 0.1) is 0 Å². The molecule has 0 fully saturated rings. The van der Waals surface area contributed by atoms with Crippen LogP contribution >= 0.6 is 31.9 Å². The van der Waals surface area contributed by atoms with Crippen molar-refractivity contribution in [1.29, 1.82) is 0 Å². The number of hydrogen-bond donors (Lipinski definition) is 2. The second kappa shape index (κ2) is 11.5. The van der Waals surface area contributed by atoms with Gasteiger partial charge in [-0.2, -0.15) is 0 Å². The van der Waals surface area contributed by atoms with Gasteiger partial charge in [-0.15, -0.1) is 0 Å². The Kier molecular flexibility index (Phi) is 8.35. The number of benzene rings is 3. The molecule has 0 radical (unpaired) electrons. The number of aliphatic imine (C=N–C) groups is 1. The Morgan fingerprint density at radius 3 is 2.24 bits per heavy atom. The molecule has 1 amide bonds. The Hall–Kier alpha value is -3.47. The molecule has 0 bridgehead atoms. The van der Waals surface area contributed by atoms with Crippen molar-refractivity contribution in [2.75, 3.05) is 39.7 Å². The third-order valence-corrected chi connectivity index (χ3v) is 7.10. The van der Waals surface area contributed by atoms with Crippen molar-refractivity contribution in [3.05, 3.63) is 86.3 Å². The van der Waals surface area contributed by atoms with Crippen LogP contribution in [0.4, 0.5) is 11.4 Å². The molecule has 0 saturated heterocycles. The van der Waals surface area contributed by atoms with Gasteiger partial charge in [-0.25, -0.2) is 9.79 Å². The van der Waals surface area contributed by atoms with Crippen LogP contribution in [0.2, 0.25) is 0 Å². The number of rotatable bonds is 7. The van der Waals surface area contributed by atoms with Crippen molar-refractivity contribution in [1.82, 2.24) is 9.88 Å². The molecule has 0 atom stereocenters. The molecule has 0 spiro atoms. The number of esters is 1. The fraction of sp³-hybridized carbons (Fsp3) is 0.179. The summed E-state index contributed by atoms with van der Waals surface area (Å²) in [6.45, 7) is 0.269. The van der Waals surface area contributed by atoms with Crippen LogP contribution in [0.25, 0.3) is 10.9 Å². The first-order valence-corrected chi connectivity index (χ1v) is 13.2. The van der Waals surface area contributed by atoms with Gasteiger partial charge in [0, 0.05) is 32.5 Å². The zero-order valence-corrected chi connectivity index (χ0v) is 24.4. The van der Waals surface area contributed by atoms with E-state index >= 15 is 0 Å². The lowest BCUT2D eigenvalue weighted by molar-refractivity contribution is -0.118. The fourth-order valence-electron chi connectivity index (χ4n) is 4.10. The predicted molar refractivity (Wildman–Crippen MR) is 157 cm³/mol. The van der Waals surface area contributed by atoms with Crippen molar-refractivity contribution in [2.24, 2.45) is 4.99 Å². The van der Waals surface area contributed by atoms with Gasteiger partial charge in [0.1, 0.15) is 0 Å². The number of ether oxygens (including phenoxy) is 1. The van der Waals surface area contributed by atoms with Crippen molar-refractivity contribution >= 4 is 71.7 Å². The minimum Gasteiger partial charge on any atom is -0.494 e. The highest BCUT2D eigenvalue weighted by Crippen LogP contribution is 2.39. The largest absolute Gasteiger partial charge is 0.494 e. The highest BCUT2D eigenvalue weighted by Gasteiger charge is 2.22. The summed E-state index contributed by atoms with van der Waals surface area (Å²) in [4.78, 5) is 36.0. The number of H-pyrrole nitrogens is 1. The highest BCUT2D eigenvalue weighted by atomic mass is 79.9. The topological polar surface area (TPSA) is 98.2 Å². The van der Waals surface area contributed by atoms with Gasteiger partial charge in [0.25, 0.3) is 0 Å². The molecule has 3 aromatic carbocycles. The molecule has 0 unspecified atom stereocenters. The van der Waals surface area contributed by atoms with Crippen LogP contribution in [-0.4, -0.2) is 67.4 Å². The maximum atomic E-state index is 12.7. The number of aromatic nitrogens is 1. The Labute approximate surface area is 237 Å². The van der Waals surface area contributed by atoms with E-state index in [0.29, 0.717) is 48.1 Å². The lowest BCUT2D eigenvalue weighted by Gasteiger charge is -2.22. The van der Waals surface area contributed by atoms with Crippen LogP contribution < -0.4 is 4.90 Å². The third kappa shape index (κ3) is 5.67. The summed E-state index contributed by atoms with van der Waals surface area (Å²) in [5, 5.41) is 11.7. The zero-order valence-electron chi connectivity index (χ0n) is 21.3. The summed E-state index contributed by atoms with van der Waals surface area (Å²) < 4.78 is 6.18. The summed E-state index contributed by atoms with van der Waals surface area (Å²) in [6, 6.07) is 18.2. The summed E-state index contributed by atoms with van der Waals surface area (Å²) in [5.74, 6) is -0.607. The standard InChI is InChI=1S/C28H26Br2N4O4/c1-33(2)15-23(35)34(3)26-20(29)13-18(14-21(26)30)31-25(16-8-6-5-7-9-16)24-19-11-10-17(28(37)38-4)12-22(19)32-27(24)36/h5-14,32,36H,15H2,1-4H3. The van der Waals surface area contributed by atoms with E-state index in [2.05, 4.69) is 36.8 Å². The van der Waals surface area contributed by atoms with Crippen LogP contribution in [-0.2, 0) is 9.53 Å². The Balaban J connectivity index is 1.86. The van der Waals surface area contributed by atoms with Crippen molar-refractivity contribution < 1.29 is 19.4 Å². The molecule has 10 heteroatoms. The van der Waals surface area contributed by atoms with E-state index in [4.69, 9.17) is 9.73 Å². The zero-order chi connectivity index (χ0) is 27.6. The van der Waals surface area contributed by atoms with E-state index in [1.807, 2.05) is 61.5 Å². The van der Waals surface area contributed by atoms with Gasteiger partial charge in [0.05, 0.1) is 41.9 Å². The molecule has 38 heavy (non-hydrogen) atoms. The van der Waals surface area contributed by atoms with Crippen LogP contribution in [0.3, 0.4) is 0 Å². The van der Waals surface area contributed by atoms with E-state index < -0.39 is 5.97 Å². The highest BCUT2D eigenvalue weighted by molar-refractivity contribution is 9.11. The summed E-state index contributed by atoms with van der Waals surface area (Å²) >= 11 is 7.21. The van der Waals surface area contributed by atoms with Crippen LogP contribution in [0.5, 0.6) is 5.88 Å². The maximum Gasteiger partial charge on any atom is 0.337 e. The van der Waals surface area contributed by atoms with E-state index in [-0.39, 0.29) is 18.3 Å². The lowest BCUT2D eigenvalue weighted by atomic mass is 10.00. The number of methoxy groups -OCH3 is 1. The van der Waals surface area contributed by atoms with E-state index in [0.717, 1.165) is 5.56 Å². The second-order valence-electron chi connectivity index (χ2n) is 8.88. The number of anilines is 1. The van der Waals surface area contributed by atoms with Gasteiger partial charge in [-0.05, 0) is 70.2 Å². The molecular formula is C28H26Br2N4O4. The Bertz CT molecular complexity index is 1520. The molecule has 196 valence electrons. The molecule has 0 aliphatic rings. The Morgan fingerprint density at radius 1 is 0.974 bits per heavy atom. The molecule has 0 saturated carbocycles. The molecule has 4 rings (SSSR count). The first-order valence-electron chi connectivity index (χ1n) is 11.6. The SMILES string of the molecule is COC(=O)c1ccc2c(C(=Nc3cc(Br)c(N(C)C(=O)CN(C)C)c(Br)c3)c3ccccc3)c(O)[nH]c2c1. The summed E-state index contributed by atoms with van der Waals surface area (Å²) in [5.41, 5.74) is 4.03. The molecule has 8 nitrogen and oxygen atoms in total. The Morgan fingerprint density at radius 2 is 1.63 bits per heavy atom. The summed E-state index contributed by atoms with van der Waals surface area (Å²) in [6.07, 6.45) is 0. The molecule has 2 N–H and O–H groups in total. The van der Waals surface area contributed by atoms with Crippen molar-refractivity contribution in [3.63, 3.8) is 0 Å². The average Bonchev–Trinajstić information content (AvgIpc) is 3.21. The number of carbonyl (C=O) groups excluding carboxylic acids is 2. The van der Waals surface area contributed by atoms with E-state index in [1.165, 1.54) is 7.11 Å². The number of carbonyl (C=O) groups is 2. The predicted octanol–water partition coefficient (Wildman–Crippen LogP) is 5.88. The first-order chi connectivity index (χ1) is 18.1. The smallest absolute Gasteiger partial charge is 0.337 e. The van der Waals surface area contributed by atoms with Gasteiger partial charge in [-0.1, -0.05) is 36.4 Å². The molecule has 0 aliphatic carbocycles. The third-order valence-electron chi connectivity index (χ3n) is 5.89. The average molecular weight is 642 g/mol. The van der Waals surface area contributed by atoms with E-state index in [1.54, 1.807) is 30.1 Å². The molecule has 4 aromatic rings. The van der Waals surface area contributed by atoms with Gasteiger partial charge in [0.2, 0.25) is 5.91 Å². The number of nitrogens with zero attached hydrogens (tertiary/aromatic N) is 3. The number of fused-ring (bicyclic) bond motifs is 1. The summed E-state index contributed by atoms with van der Waals surface area (Å²) in [7, 11) is 6.73. The molecule has 0 aliphatic heterocycles. The van der Waals surface area contributed by atoms with Gasteiger partial charge >= 0.3 is 5.97 Å². The molecular weight excluding hydrogens is 616 g/mol. The first kappa shape index (κ1) is 27.6. The quantitative estimate of drug-likeness (QED) is 0.194. The van der Waals surface area contributed by atoms with Gasteiger partial charge in [-0.3, -0.25) is 4.79 Å². The minimum atomic E-state index is -0.469. The van der Waals surface area contributed by atoms with Gasteiger partial charge < -0.3 is 24.6 Å². The van der Waals surface area contributed by atoms with Gasteiger partial charge in [0.15, 0.2) is 5.88 Å². The number of amides is 1. The number of likely N-dealkylation sites (N-methyl/N-ethyl adjacent to an activating group) is 2. The normalized spacial score (nSPS) is 11.7. The van der Waals surface area contributed by atoms with Crippen molar-refractivity contribution in [2.45, 2.75) is 0 Å². The number of hydrogen-bond acceptors (Lipinski definition) is 6. The molecule has 1 heterocycles. The monoisotopic (exact) mass is 640 g/mol.